The zero-order chi connectivity index (χ0) is 13.5. The Morgan fingerprint density at radius 1 is 1.42 bits per heavy atom. The Balaban J connectivity index is 1.77. The highest BCUT2D eigenvalue weighted by atomic mass is 19.3. The molecular formula is C14H14F2N3. The first-order valence-electron chi connectivity index (χ1n) is 6.20. The number of imidazole rings is 1. The average Bonchev–Trinajstić information content (AvgIpc) is 2.85. The molecule has 99 valence electrons. The first-order chi connectivity index (χ1) is 9.07. The molecule has 0 bridgehead atoms. The van der Waals surface area contributed by atoms with Gasteiger partial charge in [-0.3, -0.25) is 0 Å². The number of benzene rings is 1. The summed E-state index contributed by atoms with van der Waals surface area (Å²) in [6, 6.07) is 8.74. The molecule has 0 saturated heterocycles. The molecule has 0 aliphatic heterocycles. The van der Waals surface area contributed by atoms with Gasteiger partial charge in [0.1, 0.15) is 0 Å². The van der Waals surface area contributed by atoms with E-state index in [0.29, 0.717) is 6.54 Å². The molecule has 1 heterocycles. The van der Waals surface area contributed by atoms with Gasteiger partial charge in [-0.15, -0.1) is 0 Å². The van der Waals surface area contributed by atoms with E-state index in [4.69, 9.17) is 5.73 Å². The second-order valence-corrected chi connectivity index (χ2v) is 4.95. The number of hydrogen-bond donors (Lipinski definition) is 1. The number of hydrogen-bond acceptors (Lipinski definition) is 2. The quantitative estimate of drug-likeness (QED) is 0.924. The highest BCUT2D eigenvalue weighted by Crippen LogP contribution is 2.47. The van der Waals surface area contributed by atoms with E-state index in [9.17, 15) is 8.78 Å². The van der Waals surface area contributed by atoms with Crippen molar-refractivity contribution in [1.82, 2.24) is 9.55 Å². The zero-order valence-corrected chi connectivity index (χ0v) is 10.3. The predicted molar refractivity (Wildman–Crippen MR) is 67.2 cm³/mol. The number of halogens is 2. The lowest BCUT2D eigenvalue weighted by Gasteiger charge is -2.33. The van der Waals surface area contributed by atoms with Crippen molar-refractivity contribution in [3.8, 4) is 5.69 Å². The van der Waals surface area contributed by atoms with E-state index >= 15 is 0 Å². The lowest BCUT2D eigenvalue weighted by atomic mass is 9.79. The summed E-state index contributed by atoms with van der Waals surface area (Å²) in [7, 11) is 0. The molecule has 2 N–H and O–H groups in total. The SMILES string of the molecule is NCc1c[c]c(-n2cnc(C3CC(F)(F)C3)c2)cc1. The molecule has 1 aromatic carbocycles. The van der Waals surface area contributed by atoms with Crippen molar-refractivity contribution in [2.75, 3.05) is 0 Å². The van der Waals surface area contributed by atoms with Gasteiger partial charge >= 0.3 is 0 Å². The van der Waals surface area contributed by atoms with E-state index in [1.165, 1.54) is 0 Å². The Hall–Kier alpha value is -1.75. The summed E-state index contributed by atoms with van der Waals surface area (Å²) in [5.74, 6) is -2.64. The van der Waals surface area contributed by atoms with Crippen molar-refractivity contribution < 1.29 is 8.78 Å². The van der Waals surface area contributed by atoms with Crippen molar-refractivity contribution in [2.24, 2.45) is 5.73 Å². The first-order valence-corrected chi connectivity index (χ1v) is 6.20. The molecule has 2 aromatic rings. The van der Waals surface area contributed by atoms with Crippen LogP contribution >= 0.6 is 0 Å². The standard InChI is InChI=1S/C14H14F2N3/c15-14(16)5-11(6-14)13-8-19(9-18-13)12-3-1-10(7-17)2-4-12/h1-3,8-9,11H,5-7,17H2. The second-order valence-electron chi connectivity index (χ2n) is 4.95. The fourth-order valence-electron chi connectivity index (χ4n) is 2.29. The van der Waals surface area contributed by atoms with Gasteiger partial charge in [0.15, 0.2) is 0 Å². The largest absolute Gasteiger partial charge is 0.326 e. The molecule has 3 rings (SSSR count). The molecule has 0 spiro atoms. The van der Waals surface area contributed by atoms with Crippen LogP contribution in [0.4, 0.5) is 8.78 Å². The summed E-state index contributed by atoms with van der Waals surface area (Å²) < 4.78 is 27.5. The molecule has 1 aliphatic carbocycles. The summed E-state index contributed by atoms with van der Waals surface area (Å²) in [6.07, 6.45) is 3.24. The smallest absolute Gasteiger partial charge is 0.249 e. The van der Waals surface area contributed by atoms with E-state index in [0.717, 1.165) is 16.9 Å². The van der Waals surface area contributed by atoms with Crippen LogP contribution in [0.1, 0.15) is 30.0 Å². The van der Waals surface area contributed by atoms with Crippen molar-refractivity contribution >= 4 is 0 Å². The van der Waals surface area contributed by atoms with Crippen LogP contribution in [0.15, 0.2) is 30.7 Å². The molecule has 1 aromatic heterocycles. The van der Waals surface area contributed by atoms with Crippen LogP contribution in [0, 0.1) is 6.07 Å². The number of rotatable bonds is 3. The Bertz CT molecular complexity index is 567. The lowest BCUT2D eigenvalue weighted by molar-refractivity contribution is -0.0875. The van der Waals surface area contributed by atoms with E-state index < -0.39 is 5.92 Å². The molecule has 0 amide bonds. The summed E-state index contributed by atoms with van der Waals surface area (Å²) >= 11 is 0. The number of nitrogens with two attached hydrogens (primary N) is 1. The van der Waals surface area contributed by atoms with Crippen LogP contribution in [-0.4, -0.2) is 15.5 Å². The van der Waals surface area contributed by atoms with Crippen molar-refractivity contribution in [3.63, 3.8) is 0 Å². The molecular weight excluding hydrogens is 248 g/mol. The molecule has 19 heavy (non-hydrogen) atoms. The Morgan fingerprint density at radius 3 is 2.79 bits per heavy atom. The third kappa shape index (κ3) is 2.38. The molecule has 1 fully saturated rings. The molecule has 3 nitrogen and oxygen atoms in total. The maximum Gasteiger partial charge on any atom is 0.249 e. The maximum atomic E-state index is 12.8. The van der Waals surface area contributed by atoms with Gasteiger partial charge in [0.25, 0.3) is 0 Å². The number of nitrogens with zero attached hydrogens (tertiary/aromatic N) is 2. The summed E-state index contributed by atoms with van der Waals surface area (Å²) in [5.41, 5.74) is 8.09. The van der Waals surface area contributed by atoms with Gasteiger partial charge in [0.2, 0.25) is 5.92 Å². The van der Waals surface area contributed by atoms with Gasteiger partial charge < -0.3 is 10.3 Å². The molecule has 1 saturated carbocycles. The van der Waals surface area contributed by atoms with E-state index in [1.807, 2.05) is 18.2 Å². The number of aromatic nitrogens is 2. The van der Waals surface area contributed by atoms with Crippen LogP contribution in [0.25, 0.3) is 5.69 Å². The molecule has 0 atom stereocenters. The highest BCUT2D eigenvalue weighted by Gasteiger charge is 2.46. The van der Waals surface area contributed by atoms with Crippen LogP contribution in [-0.2, 0) is 6.54 Å². The molecule has 1 radical (unpaired) electrons. The lowest BCUT2D eigenvalue weighted by Crippen LogP contribution is -2.33. The Morgan fingerprint density at radius 2 is 2.21 bits per heavy atom. The summed E-state index contributed by atoms with van der Waals surface area (Å²) in [4.78, 5) is 4.21. The van der Waals surface area contributed by atoms with Crippen LogP contribution in [0.5, 0.6) is 0 Å². The van der Waals surface area contributed by atoms with Gasteiger partial charge in [0.05, 0.1) is 17.7 Å². The predicted octanol–water partition coefficient (Wildman–Crippen LogP) is 2.64. The molecule has 1 aliphatic rings. The minimum Gasteiger partial charge on any atom is -0.326 e. The first kappa shape index (κ1) is 12.3. The van der Waals surface area contributed by atoms with Gasteiger partial charge in [-0.05, 0) is 17.7 Å². The van der Waals surface area contributed by atoms with E-state index in [1.54, 1.807) is 17.1 Å². The van der Waals surface area contributed by atoms with Gasteiger partial charge in [-0.25, -0.2) is 13.8 Å². The minimum atomic E-state index is -2.51. The fraction of sp³-hybridized carbons (Fsp3) is 0.357. The molecule has 5 heteroatoms. The van der Waals surface area contributed by atoms with Crippen LogP contribution in [0.3, 0.4) is 0 Å². The third-order valence-electron chi connectivity index (χ3n) is 3.49. The summed E-state index contributed by atoms with van der Waals surface area (Å²) in [5, 5.41) is 0. The molecule has 0 unspecified atom stereocenters. The van der Waals surface area contributed by atoms with Crippen LogP contribution in [0.2, 0.25) is 0 Å². The number of alkyl halides is 2. The van der Waals surface area contributed by atoms with Crippen LogP contribution < -0.4 is 5.73 Å². The third-order valence-corrected chi connectivity index (χ3v) is 3.49. The van der Waals surface area contributed by atoms with Gasteiger partial charge in [0, 0.05) is 37.6 Å². The van der Waals surface area contributed by atoms with Gasteiger partial charge in [-0.2, -0.15) is 0 Å². The fourth-order valence-corrected chi connectivity index (χ4v) is 2.29. The minimum absolute atomic E-state index is 0.0974. The second kappa shape index (κ2) is 4.42. The summed E-state index contributed by atoms with van der Waals surface area (Å²) in [6.45, 7) is 0.475. The van der Waals surface area contributed by atoms with E-state index in [2.05, 4.69) is 11.1 Å². The van der Waals surface area contributed by atoms with Crippen molar-refractivity contribution in [2.45, 2.75) is 31.2 Å². The Kier molecular flexibility index (Phi) is 2.86. The van der Waals surface area contributed by atoms with Crippen molar-refractivity contribution in [3.05, 3.63) is 48.0 Å². The maximum absolute atomic E-state index is 12.8. The van der Waals surface area contributed by atoms with Crippen molar-refractivity contribution in [1.29, 1.82) is 0 Å². The topological polar surface area (TPSA) is 43.8 Å². The highest BCUT2D eigenvalue weighted by molar-refractivity contribution is 5.34. The zero-order valence-electron chi connectivity index (χ0n) is 10.3. The van der Waals surface area contributed by atoms with Gasteiger partial charge in [-0.1, -0.05) is 6.07 Å². The van der Waals surface area contributed by atoms with E-state index in [-0.39, 0.29) is 18.8 Å². The average molecular weight is 262 g/mol. The normalized spacial score (nSPS) is 18.3. The Labute approximate surface area is 110 Å². The monoisotopic (exact) mass is 262 g/mol.